The van der Waals surface area contributed by atoms with E-state index < -0.39 is 8.32 Å². The van der Waals surface area contributed by atoms with Crippen molar-refractivity contribution in [3.8, 4) is 0 Å². The third-order valence-electron chi connectivity index (χ3n) is 5.05. The van der Waals surface area contributed by atoms with E-state index in [4.69, 9.17) is 4.43 Å². The number of aldehydes is 1. The zero-order valence-corrected chi connectivity index (χ0v) is 18.3. The third kappa shape index (κ3) is 6.96. The third-order valence-corrected chi connectivity index (χ3v) is 11.1. The van der Waals surface area contributed by atoms with Crippen molar-refractivity contribution < 1.29 is 9.22 Å². The minimum absolute atomic E-state index is 0.615. The van der Waals surface area contributed by atoms with E-state index >= 15 is 0 Å². The molecule has 140 valence electrons. The fourth-order valence-electron chi connectivity index (χ4n) is 3.77. The van der Waals surface area contributed by atoms with Gasteiger partial charge in [-0.25, -0.2) is 0 Å². The minimum atomic E-state index is -1.82. The molecule has 0 aromatic heterocycles. The second-order valence-corrected chi connectivity index (χ2v) is 13.2. The largest absolute Gasteiger partial charge is 0.546 e. The first kappa shape index (κ1) is 23.2. The normalized spacial score (nSPS) is 14.0. The van der Waals surface area contributed by atoms with Gasteiger partial charge in [0.05, 0.1) is 5.76 Å². The van der Waals surface area contributed by atoms with Gasteiger partial charge in [0, 0.05) is 6.42 Å². The quantitative estimate of drug-likeness (QED) is 0.122. The summed E-state index contributed by atoms with van der Waals surface area (Å²) >= 11 is 0. The molecule has 0 heterocycles. The van der Waals surface area contributed by atoms with Crippen LogP contribution >= 0.6 is 0 Å². The van der Waals surface area contributed by atoms with E-state index in [0.29, 0.717) is 16.6 Å². The Morgan fingerprint density at radius 3 is 1.75 bits per heavy atom. The number of rotatable bonds is 12. The standard InChI is InChI=1S/C21H40O2Si/c1-9-21(15-13-11-10-12-14-20(8)16-22)23-24(17(2)3,18(4)5)19(6)7/h14-19H,9-13H2,1-8H3/b20-14+,21-15+. The molecule has 0 aromatic rings. The second-order valence-electron chi connectivity index (χ2n) is 7.79. The van der Waals surface area contributed by atoms with Crippen molar-refractivity contribution in [1.82, 2.24) is 0 Å². The van der Waals surface area contributed by atoms with Crippen LogP contribution in [0.4, 0.5) is 0 Å². The average Bonchev–Trinajstić information content (AvgIpc) is 2.52. The molecule has 0 saturated carbocycles. The molecule has 0 N–H and O–H groups in total. The maximum absolute atomic E-state index is 10.6. The van der Waals surface area contributed by atoms with Crippen molar-refractivity contribution in [2.45, 2.75) is 104 Å². The number of allylic oxidation sites excluding steroid dienone is 4. The van der Waals surface area contributed by atoms with Crippen LogP contribution in [0.2, 0.25) is 16.6 Å². The smallest absolute Gasteiger partial charge is 0.258 e. The topological polar surface area (TPSA) is 26.3 Å². The van der Waals surface area contributed by atoms with Crippen LogP contribution in [-0.4, -0.2) is 14.6 Å². The van der Waals surface area contributed by atoms with Crippen molar-refractivity contribution in [3.63, 3.8) is 0 Å². The van der Waals surface area contributed by atoms with Crippen LogP contribution in [0.25, 0.3) is 0 Å². The summed E-state index contributed by atoms with van der Waals surface area (Å²) in [6, 6.07) is 0. The Hall–Kier alpha value is -0.833. The Morgan fingerprint density at radius 2 is 1.38 bits per heavy atom. The maximum Gasteiger partial charge on any atom is 0.258 e. The zero-order valence-electron chi connectivity index (χ0n) is 17.3. The molecule has 0 radical (unpaired) electrons. The molecule has 0 spiro atoms. The molecule has 0 rings (SSSR count). The Kier molecular flexibility index (Phi) is 11.3. The molecule has 0 amide bonds. The van der Waals surface area contributed by atoms with Gasteiger partial charge in [0.15, 0.2) is 0 Å². The first-order valence-electron chi connectivity index (χ1n) is 9.72. The van der Waals surface area contributed by atoms with Gasteiger partial charge < -0.3 is 4.43 Å². The molecule has 0 aliphatic rings. The molecular formula is C21H40O2Si. The Labute approximate surface area is 151 Å². The van der Waals surface area contributed by atoms with Gasteiger partial charge in [-0.15, -0.1) is 0 Å². The van der Waals surface area contributed by atoms with E-state index in [2.05, 4.69) is 54.5 Å². The van der Waals surface area contributed by atoms with Gasteiger partial charge in [-0.1, -0.05) is 54.5 Å². The minimum Gasteiger partial charge on any atom is -0.546 e. The van der Waals surface area contributed by atoms with Gasteiger partial charge in [0.25, 0.3) is 8.32 Å². The molecule has 3 heteroatoms. The van der Waals surface area contributed by atoms with Crippen LogP contribution in [0.5, 0.6) is 0 Å². The van der Waals surface area contributed by atoms with E-state index in [1.165, 1.54) is 5.76 Å². The van der Waals surface area contributed by atoms with Gasteiger partial charge in [0.1, 0.15) is 6.29 Å². The summed E-state index contributed by atoms with van der Waals surface area (Å²) < 4.78 is 6.78. The predicted molar refractivity (Wildman–Crippen MR) is 109 cm³/mol. The number of carbonyl (C=O) groups excluding carboxylic acids is 1. The van der Waals surface area contributed by atoms with Gasteiger partial charge >= 0.3 is 0 Å². The summed E-state index contributed by atoms with van der Waals surface area (Å²) in [5.41, 5.74) is 2.68. The van der Waals surface area contributed by atoms with Gasteiger partial charge in [-0.05, 0) is 60.9 Å². The van der Waals surface area contributed by atoms with Crippen LogP contribution < -0.4 is 0 Å². The van der Waals surface area contributed by atoms with Crippen LogP contribution in [-0.2, 0) is 9.22 Å². The number of hydrogen-bond acceptors (Lipinski definition) is 2. The van der Waals surface area contributed by atoms with Crippen LogP contribution in [0.3, 0.4) is 0 Å². The Bertz CT molecular complexity index is 398. The lowest BCUT2D eigenvalue weighted by Crippen LogP contribution is -2.47. The number of hydrogen-bond donors (Lipinski definition) is 0. The monoisotopic (exact) mass is 352 g/mol. The predicted octanol–water partition coefficient (Wildman–Crippen LogP) is 7.18. The van der Waals surface area contributed by atoms with Crippen molar-refractivity contribution in [3.05, 3.63) is 23.5 Å². The molecular weight excluding hydrogens is 312 g/mol. The van der Waals surface area contributed by atoms with Crippen molar-refractivity contribution >= 4 is 14.6 Å². The van der Waals surface area contributed by atoms with Gasteiger partial charge in [-0.3, -0.25) is 4.79 Å². The highest BCUT2D eigenvalue weighted by Crippen LogP contribution is 2.43. The Morgan fingerprint density at radius 1 is 0.917 bits per heavy atom. The van der Waals surface area contributed by atoms with Gasteiger partial charge in [-0.2, -0.15) is 0 Å². The summed E-state index contributed by atoms with van der Waals surface area (Å²) in [7, 11) is -1.82. The number of unbranched alkanes of at least 4 members (excludes halogenated alkanes) is 3. The van der Waals surface area contributed by atoms with Crippen LogP contribution in [0.15, 0.2) is 23.5 Å². The summed E-state index contributed by atoms with van der Waals surface area (Å²) in [5.74, 6) is 1.19. The molecule has 0 fully saturated rings. The highest BCUT2D eigenvalue weighted by molar-refractivity contribution is 6.77. The van der Waals surface area contributed by atoms with Gasteiger partial charge in [0.2, 0.25) is 0 Å². The number of carbonyl (C=O) groups is 1. The van der Waals surface area contributed by atoms with Crippen molar-refractivity contribution in [2.75, 3.05) is 0 Å². The average molecular weight is 353 g/mol. The summed E-state index contributed by atoms with van der Waals surface area (Å²) in [6.45, 7) is 18.1. The maximum atomic E-state index is 10.6. The van der Waals surface area contributed by atoms with E-state index in [1.807, 2.05) is 13.0 Å². The lowest BCUT2D eigenvalue weighted by Gasteiger charge is -2.43. The lowest BCUT2D eigenvalue weighted by molar-refractivity contribution is -0.104. The van der Waals surface area contributed by atoms with Crippen LogP contribution in [0, 0.1) is 0 Å². The summed E-state index contributed by atoms with van der Waals surface area (Å²) in [5, 5.41) is 0. The summed E-state index contributed by atoms with van der Waals surface area (Å²) in [4.78, 5) is 10.6. The molecule has 0 aliphatic carbocycles. The highest BCUT2D eigenvalue weighted by Gasteiger charge is 2.47. The molecule has 0 atom stereocenters. The molecule has 0 aromatic carbocycles. The SMILES string of the molecule is CC/C(=C\CCCC/C=C(\C)C=O)O[Si](C(C)C)(C(C)C)C(C)C. The molecule has 0 aliphatic heterocycles. The molecule has 2 nitrogen and oxygen atoms in total. The first-order chi connectivity index (χ1) is 11.2. The van der Waals surface area contributed by atoms with E-state index in [9.17, 15) is 4.79 Å². The highest BCUT2D eigenvalue weighted by atomic mass is 28.4. The zero-order chi connectivity index (χ0) is 18.8. The van der Waals surface area contributed by atoms with Crippen molar-refractivity contribution in [2.24, 2.45) is 0 Å². The van der Waals surface area contributed by atoms with E-state index in [1.54, 1.807) is 0 Å². The lowest BCUT2D eigenvalue weighted by atomic mass is 10.1. The fraction of sp³-hybridized carbons (Fsp3) is 0.762. The second kappa shape index (κ2) is 11.7. The summed E-state index contributed by atoms with van der Waals surface area (Å²) in [6.07, 6.45) is 10.6. The van der Waals surface area contributed by atoms with Crippen LogP contribution in [0.1, 0.15) is 87.5 Å². The molecule has 24 heavy (non-hydrogen) atoms. The van der Waals surface area contributed by atoms with E-state index in [-0.39, 0.29) is 0 Å². The van der Waals surface area contributed by atoms with E-state index in [0.717, 1.165) is 44.0 Å². The molecule has 0 saturated heterocycles. The van der Waals surface area contributed by atoms with Crippen molar-refractivity contribution in [1.29, 1.82) is 0 Å². The Balaban J connectivity index is 4.78. The first-order valence-corrected chi connectivity index (χ1v) is 11.9. The fourth-order valence-corrected chi connectivity index (χ4v) is 9.16. The molecule has 0 unspecified atom stereocenters. The molecule has 0 bridgehead atoms.